The summed E-state index contributed by atoms with van der Waals surface area (Å²) >= 11 is 1.38. The smallest absolute Gasteiger partial charge is 0.258 e. The first-order valence-electron chi connectivity index (χ1n) is 3.41. The Kier molecular flexibility index (Phi) is 3.10. The monoisotopic (exact) mass is 182 g/mol. The van der Waals surface area contributed by atoms with Gasteiger partial charge in [-0.15, -0.1) is 11.8 Å². The third kappa shape index (κ3) is 1.98. The first kappa shape index (κ1) is 9.06. The van der Waals surface area contributed by atoms with Gasteiger partial charge in [-0.2, -0.15) is 0 Å². The van der Waals surface area contributed by atoms with Gasteiger partial charge in [0.2, 0.25) is 0 Å². The Morgan fingerprint density at radius 2 is 2.17 bits per heavy atom. The van der Waals surface area contributed by atoms with Gasteiger partial charge in [0.25, 0.3) is 5.69 Å². The molecule has 1 radical (unpaired) electrons. The van der Waals surface area contributed by atoms with Gasteiger partial charge in [-0.1, -0.05) is 12.1 Å². The van der Waals surface area contributed by atoms with Crippen molar-refractivity contribution < 1.29 is 4.92 Å². The fourth-order valence-corrected chi connectivity index (χ4v) is 1.53. The van der Waals surface area contributed by atoms with Crippen LogP contribution in [0, 0.1) is 17.0 Å². The average molecular weight is 182 g/mol. The van der Waals surface area contributed by atoms with E-state index in [1.165, 1.54) is 17.8 Å². The minimum absolute atomic E-state index is 0.158. The largest absolute Gasteiger partial charge is 0.282 e. The summed E-state index contributed by atoms with van der Waals surface area (Å²) in [5.74, 6) is 0.602. The Hall–Kier alpha value is -1.03. The Balaban J connectivity index is 3.00. The summed E-state index contributed by atoms with van der Waals surface area (Å²) in [5.41, 5.74) is 0.158. The highest BCUT2D eigenvalue weighted by atomic mass is 32.2. The zero-order valence-electron chi connectivity index (χ0n) is 6.40. The molecular formula is C8H8NO2S. The maximum absolute atomic E-state index is 10.5. The fourth-order valence-electron chi connectivity index (χ4n) is 0.840. The molecule has 0 N–H and O–H groups in total. The number of para-hydroxylation sites is 1. The second kappa shape index (κ2) is 4.11. The van der Waals surface area contributed by atoms with Gasteiger partial charge in [0, 0.05) is 6.07 Å². The minimum Gasteiger partial charge on any atom is -0.258 e. The molecule has 0 aliphatic carbocycles. The summed E-state index contributed by atoms with van der Waals surface area (Å²) in [6.07, 6.45) is 0. The van der Waals surface area contributed by atoms with E-state index >= 15 is 0 Å². The van der Waals surface area contributed by atoms with Gasteiger partial charge in [0.05, 0.1) is 9.82 Å². The molecule has 0 spiro atoms. The van der Waals surface area contributed by atoms with Crippen molar-refractivity contribution in [2.45, 2.75) is 4.90 Å². The second-order valence-corrected chi connectivity index (χ2v) is 3.21. The Labute approximate surface area is 74.9 Å². The van der Waals surface area contributed by atoms with Crippen molar-refractivity contribution in [2.24, 2.45) is 0 Å². The van der Waals surface area contributed by atoms with Gasteiger partial charge >= 0.3 is 0 Å². The molecule has 0 fully saturated rings. The van der Waals surface area contributed by atoms with Gasteiger partial charge < -0.3 is 0 Å². The number of rotatable bonds is 3. The summed E-state index contributed by atoms with van der Waals surface area (Å²) in [5, 5.41) is 10.5. The fraction of sp³-hybridized carbons (Fsp3) is 0.125. The van der Waals surface area contributed by atoms with E-state index in [0.717, 1.165) is 0 Å². The minimum atomic E-state index is -0.377. The molecule has 0 amide bonds. The number of nitro benzene ring substituents is 1. The van der Waals surface area contributed by atoms with E-state index in [2.05, 4.69) is 6.92 Å². The van der Waals surface area contributed by atoms with Crippen molar-refractivity contribution in [1.29, 1.82) is 0 Å². The molecule has 0 heterocycles. The van der Waals surface area contributed by atoms with Crippen molar-refractivity contribution in [2.75, 3.05) is 5.75 Å². The van der Waals surface area contributed by atoms with Crippen LogP contribution in [0.15, 0.2) is 29.2 Å². The molecule has 1 rings (SSSR count). The van der Waals surface area contributed by atoms with Gasteiger partial charge in [0.1, 0.15) is 0 Å². The highest BCUT2D eigenvalue weighted by Gasteiger charge is 2.10. The molecule has 3 nitrogen and oxygen atoms in total. The predicted molar refractivity (Wildman–Crippen MR) is 49.2 cm³/mol. The van der Waals surface area contributed by atoms with Crippen LogP contribution in [0.5, 0.6) is 0 Å². The van der Waals surface area contributed by atoms with Crippen LogP contribution >= 0.6 is 11.8 Å². The molecule has 0 aromatic heterocycles. The predicted octanol–water partition coefficient (Wildman–Crippen LogP) is 2.52. The van der Waals surface area contributed by atoms with Gasteiger partial charge in [-0.05, 0) is 18.7 Å². The Morgan fingerprint density at radius 3 is 2.75 bits per heavy atom. The van der Waals surface area contributed by atoms with Crippen LogP contribution in [0.4, 0.5) is 5.69 Å². The number of thioether (sulfide) groups is 1. The van der Waals surface area contributed by atoms with Crippen molar-refractivity contribution in [1.82, 2.24) is 0 Å². The lowest BCUT2D eigenvalue weighted by Crippen LogP contribution is -1.89. The van der Waals surface area contributed by atoms with E-state index < -0.39 is 0 Å². The molecular weight excluding hydrogens is 174 g/mol. The number of nitrogens with zero attached hydrogens (tertiary/aromatic N) is 1. The SMILES string of the molecule is [CH2]CSc1ccccc1[N+](=O)[O-]. The molecule has 1 aromatic rings. The molecule has 0 unspecified atom stereocenters. The first-order valence-corrected chi connectivity index (χ1v) is 4.39. The van der Waals surface area contributed by atoms with E-state index in [9.17, 15) is 10.1 Å². The van der Waals surface area contributed by atoms with Crippen molar-refractivity contribution in [3.05, 3.63) is 41.3 Å². The zero-order chi connectivity index (χ0) is 8.97. The van der Waals surface area contributed by atoms with E-state index in [-0.39, 0.29) is 10.6 Å². The number of hydrogen-bond donors (Lipinski definition) is 0. The van der Waals surface area contributed by atoms with Crippen LogP contribution in [0.1, 0.15) is 0 Å². The van der Waals surface area contributed by atoms with Crippen LogP contribution < -0.4 is 0 Å². The van der Waals surface area contributed by atoms with Gasteiger partial charge in [0.15, 0.2) is 0 Å². The highest BCUT2D eigenvalue weighted by Crippen LogP contribution is 2.27. The maximum Gasteiger partial charge on any atom is 0.282 e. The molecule has 1 aromatic carbocycles. The summed E-state index contributed by atoms with van der Waals surface area (Å²) in [7, 11) is 0. The van der Waals surface area contributed by atoms with Gasteiger partial charge in [-0.3, -0.25) is 10.1 Å². The highest BCUT2D eigenvalue weighted by molar-refractivity contribution is 7.99. The lowest BCUT2D eigenvalue weighted by atomic mass is 10.3. The van der Waals surface area contributed by atoms with Crippen LogP contribution in [0.2, 0.25) is 0 Å². The van der Waals surface area contributed by atoms with Crippen molar-refractivity contribution in [3.63, 3.8) is 0 Å². The summed E-state index contributed by atoms with van der Waals surface area (Å²) in [4.78, 5) is 10.8. The molecule has 0 saturated carbocycles. The lowest BCUT2D eigenvalue weighted by molar-refractivity contribution is -0.387. The molecule has 0 atom stereocenters. The Morgan fingerprint density at radius 1 is 1.50 bits per heavy atom. The van der Waals surface area contributed by atoms with Crippen LogP contribution in [-0.2, 0) is 0 Å². The number of nitro groups is 1. The normalized spacial score (nSPS) is 9.75. The van der Waals surface area contributed by atoms with E-state index in [0.29, 0.717) is 10.6 Å². The Bertz CT molecular complexity index is 288. The van der Waals surface area contributed by atoms with Crippen molar-refractivity contribution in [3.8, 4) is 0 Å². The van der Waals surface area contributed by atoms with Crippen LogP contribution in [-0.4, -0.2) is 10.7 Å². The van der Waals surface area contributed by atoms with Crippen molar-refractivity contribution >= 4 is 17.4 Å². The quantitative estimate of drug-likeness (QED) is 0.410. The summed E-state index contributed by atoms with van der Waals surface area (Å²) in [6, 6.07) is 6.67. The standard InChI is InChI=1S/C8H8NO2S/c1-2-12-8-6-4-3-5-7(8)9(10)11/h3-6H,1-2H2. The molecule has 63 valence electrons. The molecule has 12 heavy (non-hydrogen) atoms. The third-order valence-corrected chi connectivity index (χ3v) is 2.18. The molecule has 0 saturated heterocycles. The number of benzene rings is 1. The second-order valence-electron chi connectivity index (χ2n) is 2.07. The lowest BCUT2D eigenvalue weighted by Gasteiger charge is -1.98. The average Bonchev–Trinajstić information content (AvgIpc) is 2.05. The maximum atomic E-state index is 10.5. The van der Waals surface area contributed by atoms with Crippen LogP contribution in [0.3, 0.4) is 0 Å². The third-order valence-electron chi connectivity index (χ3n) is 1.32. The van der Waals surface area contributed by atoms with Gasteiger partial charge in [-0.25, -0.2) is 0 Å². The summed E-state index contributed by atoms with van der Waals surface area (Å²) in [6.45, 7) is 3.62. The zero-order valence-corrected chi connectivity index (χ0v) is 7.21. The topological polar surface area (TPSA) is 43.1 Å². The van der Waals surface area contributed by atoms with E-state index in [1.807, 2.05) is 0 Å². The molecule has 0 bridgehead atoms. The van der Waals surface area contributed by atoms with E-state index in [1.54, 1.807) is 18.2 Å². The van der Waals surface area contributed by atoms with E-state index in [4.69, 9.17) is 0 Å². The molecule has 0 aliphatic rings. The molecule has 4 heteroatoms. The molecule has 0 aliphatic heterocycles. The number of hydrogen-bond acceptors (Lipinski definition) is 3. The van der Waals surface area contributed by atoms with Crippen LogP contribution in [0.25, 0.3) is 0 Å². The summed E-state index contributed by atoms with van der Waals surface area (Å²) < 4.78 is 0. The first-order chi connectivity index (χ1) is 5.75.